The van der Waals surface area contributed by atoms with Crippen molar-refractivity contribution in [2.75, 3.05) is 0 Å². The van der Waals surface area contributed by atoms with Crippen molar-refractivity contribution in [3.05, 3.63) is 12.2 Å². The van der Waals surface area contributed by atoms with Crippen LogP contribution in [0.25, 0.3) is 0 Å². The minimum atomic E-state index is -0.700. The fourth-order valence-corrected chi connectivity index (χ4v) is 7.81. The quantitative estimate of drug-likeness (QED) is 0.625. The highest BCUT2D eigenvalue weighted by molar-refractivity contribution is 5.14. The van der Waals surface area contributed by atoms with Gasteiger partial charge in [-0.25, -0.2) is 4.39 Å². The third kappa shape index (κ3) is 2.42. The van der Waals surface area contributed by atoms with Crippen molar-refractivity contribution in [2.24, 2.45) is 40.9 Å². The first-order valence-corrected chi connectivity index (χ1v) is 10.2. The summed E-state index contributed by atoms with van der Waals surface area (Å²) in [5.41, 5.74) is 1.07. The van der Waals surface area contributed by atoms with Gasteiger partial charge >= 0.3 is 0 Å². The molecule has 24 heavy (non-hydrogen) atoms. The van der Waals surface area contributed by atoms with E-state index in [-0.39, 0.29) is 5.92 Å². The SMILES string of the molecule is C=C(C)[C@H]1CC[C@H]2[C@@H]3C[C@@H](F)[C@H]4C[C@](C)(O)CC[C@@H]4[C@H]3CC[C@]12C. The Labute approximate surface area is 147 Å². The number of halogens is 1. The average Bonchev–Trinajstić information content (AvgIpc) is 2.85. The summed E-state index contributed by atoms with van der Waals surface area (Å²) in [5, 5.41) is 10.4. The summed E-state index contributed by atoms with van der Waals surface area (Å²) in [6.07, 6.45) is 7.74. The van der Waals surface area contributed by atoms with E-state index in [1.807, 2.05) is 6.92 Å². The molecule has 0 spiro atoms. The molecule has 1 N–H and O–H groups in total. The molecule has 1 nitrogen and oxygen atoms in total. The van der Waals surface area contributed by atoms with Gasteiger partial charge in [-0.2, -0.15) is 0 Å². The van der Waals surface area contributed by atoms with E-state index < -0.39 is 11.8 Å². The van der Waals surface area contributed by atoms with Gasteiger partial charge in [-0.15, -0.1) is 0 Å². The van der Waals surface area contributed by atoms with Crippen LogP contribution in [-0.2, 0) is 0 Å². The Hall–Kier alpha value is -0.370. The minimum absolute atomic E-state index is 0.109. The molecule has 0 aromatic heterocycles. The Bertz CT molecular complexity index is 526. The fourth-order valence-electron chi connectivity index (χ4n) is 7.81. The molecule has 2 heteroatoms. The third-order valence-corrected chi connectivity index (χ3v) is 8.84. The summed E-state index contributed by atoms with van der Waals surface area (Å²) in [5.74, 6) is 3.25. The normalized spacial score (nSPS) is 57.0. The zero-order chi connectivity index (χ0) is 17.3. The second kappa shape index (κ2) is 5.56. The summed E-state index contributed by atoms with van der Waals surface area (Å²) in [7, 11) is 0. The highest BCUT2D eigenvalue weighted by Gasteiger charge is 2.59. The Balaban J connectivity index is 1.60. The molecule has 0 unspecified atom stereocenters. The molecular formula is C22H35FO. The lowest BCUT2D eigenvalue weighted by Crippen LogP contribution is -2.53. The lowest BCUT2D eigenvalue weighted by Gasteiger charge is -2.57. The summed E-state index contributed by atoms with van der Waals surface area (Å²) in [6, 6.07) is 0. The lowest BCUT2D eigenvalue weighted by atomic mass is 9.48. The summed E-state index contributed by atoms with van der Waals surface area (Å²) >= 11 is 0. The van der Waals surface area contributed by atoms with Crippen LogP contribution >= 0.6 is 0 Å². The molecule has 0 heterocycles. The summed E-state index contributed by atoms with van der Waals surface area (Å²) < 4.78 is 15.1. The molecule has 0 aromatic carbocycles. The fraction of sp³-hybridized carbons (Fsp3) is 0.909. The molecule has 136 valence electrons. The Morgan fingerprint density at radius 3 is 2.38 bits per heavy atom. The molecule has 4 fully saturated rings. The molecule has 4 saturated carbocycles. The van der Waals surface area contributed by atoms with Gasteiger partial charge in [-0.1, -0.05) is 19.1 Å². The second-order valence-electron chi connectivity index (χ2n) is 10.3. The van der Waals surface area contributed by atoms with Crippen molar-refractivity contribution in [1.29, 1.82) is 0 Å². The molecule has 0 bridgehead atoms. The number of hydrogen-bond acceptors (Lipinski definition) is 1. The first-order valence-electron chi connectivity index (χ1n) is 10.2. The topological polar surface area (TPSA) is 20.2 Å². The highest BCUT2D eigenvalue weighted by Crippen LogP contribution is 2.65. The van der Waals surface area contributed by atoms with Crippen molar-refractivity contribution >= 4 is 0 Å². The maximum Gasteiger partial charge on any atom is 0.104 e. The van der Waals surface area contributed by atoms with Gasteiger partial charge in [0.05, 0.1) is 5.60 Å². The van der Waals surface area contributed by atoms with Crippen LogP contribution in [0.15, 0.2) is 12.2 Å². The van der Waals surface area contributed by atoms with E-state index >= 15 is 4.39 Å². The van der Waals surface area contributed by atoms with Gasteiger partial charge in [0.2, 0.25) is 0 Å². The first-order chi connectivity index (χ1) is 11.2. The molecule has 9 atom stereocenters. The zero-order valence-electron chi connectivity index (χ0n) is 15.7. The van der Waals surface area contributed by atoms with Crippen molar-refractivity contribution in [3.63, 3.8) is 0 Å². The maximum absolute atomic E-state index is 15.1. The van der Waals surface area contributed by atoms with Crippen LogP contribution in [0, 0.1) is 40.9 Å². The number of alkyl halides is 1. The van der Waals surface area contributed by atoms with E-state index in [0.29, 0.717) is 41.4 Å². The van der Waals surface area contributed by atoms with Gasteiger partial charge in [-0.05, 0) is 106 Å². The largest absolute Gasteiger partial charge is 0.390 e. The molecule has 4 rings (SSSR count). The van der Waals surface area contributed by atoms with E-state index in [1.54, 1.807) is 0 Å². The van der Waals surface area contributed by atoms with E-state index in [4.69, 9.17) is 0 Å². The number of rotatable bonds is 1. The van der Waals surface area contributed by atoms with Crippen molar-refractivity contribution < 1.29 is 9.50 Å². The zero-order valence-corrected chi connectivity index (χ0v) is 15.7. The maximum atomic E-state index is 15.1. The van der Waals surface area contributed by atoms with Crippen LogP contribution in [0.2, 0.25) is 0 Å². The Morgan fingerprint density at radius 1 is 1.00 bits per heavy atom. The summed E-state index contributed by atoms with van der Waals surface area (Å²) in [4.78, 5) is 0. The smallest absolute Gasteiger partial charge is 0.104 e. The molecule has 0 aromatic rings. The molecule has 0 amide bonds. The Kier molecular flexibility index (Phi) is 3.95. The molecule has 0 aliphatic heterocycles. The molecular weight excluding hydrogens is 299 g/mol. The number of aliphatic hydroxyl groups is 1. The predicted octanol–water partition coefficient (Wildman–Crippen LogP) is 5.53. The van der Waals surface area contributed by atoms with E-state index in [0.717, 1.165) is 19.3 Å². The van der Waals surface area contributed by atoms with Gasteiger partial charge in [-0.3, -0.25) is 0 Å². The van der Waals surface area contributed by atoms with Crippen LogP contribution < -0.4 is 0 Å². The van der Waals surface area contributed by atoms with E-state index in [9.17, 15) is 5.11 Å². The van der Waals surface area contributed by atoms with Crippen LogP contribution in [0.3, 0.4) is 0 Å². The third-order valence-electron chi connectivity index (χ3n) is 8.84. The van der Waals surface area contributed by atoms with Crippen LogP contribution in [-0.4, -0.2) is 16.9 Å². The Morgan fingerprint density at radius 2 is 1.67 bits per heavy atom. The van der Waals surface area contributed by atoms with Crippen LogP contribution in [0.1, 0.15) is 72.1 Å². The molecule has 4 aliphatic rings. The van der Waals surface area contributed by atoms with Crippen molar-refractivity contribution in [2.45, 2.75) is 83.9 Å². The average molecular weight is 335 g/mol. The van der Waals surface area contributed by atoms with Crippen molar-refractivity contribution in [3.8, 4) is 0 Å². The minimum Gasteiger partial charge on any atom is -0.390 e. The van der Waals surface area contributed by atoms with Gasteiger partial charge in [0, 0.05) is 0 Å². The second-order valence-corrected chi connectivity index (χ2v) is 10.3. The highest BCUT2D eigenvalue weighted by atomic mass is 19.1. The number of hydrogen-bond donors (Lipinski definition) is 1. The van der Waals surface area contributed by atoms with Gasteiger partial charge in [0.25, 0.3) is 0 Å². The van der Waals surface area contributed by atoms with Crippen LogP contribution in [0.5, 0.6) is 0 Å². The summed E-state index contributed by atoms with van der Waals surface area (Å²) in [6.45, 7) is 10.9. The number of fused-ring (bicyclic) bond motifs is 5. The molecule has 4 aliphatic carbocycles. The van der Waals surface area contributed by atoms with Crippen molar-refractivity contribution in [1.82, 2.24) is 0 Å². The van der Waals surface area contributed by atoms with Gasteiger partial charge in [0.15, 0.2) is 0 Å². The lowest BCUT2D eigenvalue weighted by molar-refractivity contribution is -0.125. The van der Waals surface area contributed by atoms with E-state index in [2.05, 4.69) is 20.4 Å². The molecule has 0 saturated heterocycles. The predicted molar refractivity (Wildman–Crippen MR) is 96.3 cm³/mol. The van der Waals surface area contributed by atoms with E-state index in [1.165, 1.54) is 31.3 Å². The monoisotopic (exact) mass is 334 g/mol. The molecule has 0 radical (unpaired) electrons. The number of allylic oxidation sites excluding steroid dienone is 1. The first kappa shape index (κ1) is 17.1. The van der Waals surface area contributed by atoms with Crippen LogP contribution in [0.4, 0.5) is 4.39 Å². The van der Waals surface area contributed by atoms with Gasteiger partial charge < -0.3 is 5.11 Å². The standard InChI is InChI=1S/C22H35FO/c1-13(2)18-5-6-19-16-11-20(23)17-12-21(3,24)9-7-15(17)14(16)8-10-22(18,19)4/h14-20,24H,1,5-12H2,2-4H3/t14-,15-,16-,17+,18-,19+,20-,21-,22-/m1/s1. The van der Waals surface area contributed by atoms with Gasteiger partial charge in [0.1, 0.15) is 6.17 Å².